The molecule has 0 unspecified atom stereocenters. The second-order valence-corrected chi connectivity index (χ2v) is 10.3. The Kier molecular flexibility index (Phi) is 6.16. The number of hydrogen-bond acceptors (Lipinski definition) is 7. The van der Waals surface area contributed by atoms with E-state index in [2.05, 4.69) is 9.72 Å². The van der Waals surface area contributed by atoms with E-state index >= 15 is 0 Å². The SMILES string of the molecule is O=C(O)c1cc(Cl)c2nc(N3CCN(S(=O)(=O)c4ccccc4OC(F)(F)F)CC3)sc2c1. The number of carbonyl (C=O) groups is 1. The normalized spacial score (nSPS) is 15.7. The fourth-order valence-electron chi connectivity index (χ4n) is 3.37. The summed E-state index contributed by atoms with van der Waals surface area (Å²) in [6.07, 6.45) is -5.03. The van der Waals surface area contributed by atoms with Crippen molar-refractivity contribution in [3.63, 3.8) is 0 Å². The van der Waals surface area contributed by atoms with E-state index in [1.165, 1.54) is 35.6 Å². The quantitative estimate of drug-likeness (QED) is 0.540. The maximum absolute atomic E-state index is 13.0. The minimum Gasteiger partial charge on any atom is -0.478 e. The molecule has 0 radical (unpaired) electrons. The molecule has 2 aromatic carbocycles. The van der Waals surface area contributed by atoms with E-state index in [-0.39, 0.29) is 36.8 Å². The van der Waals surface area contributed by atoms with Crippen molar-refractivity contribution in [2.45, 2.75) is 11.3 Å². The maximum Gasteiger partial charge on any atom is 0.573 e. The molecule has 0 bridgehead atoms. The van der Waals surface area contributed by atoms with Crippen LogP contribution in [0, 0.1) is 0 Å². The van der Waals surface area contributed by atoms with Gasteiger partial charge in [0.25, 0.3) is 0 Å². The van der Waals surface area contributed by atoms with Gasteiger partial charge >= 0.3 is 12.3 Å². The molecule has 1 aromatic heterocycles. The molecule has 0 aliphatic carbocycles. The number of halogens is 4. The third-order valence-corrected chi connectivity index (χ3v) is 8.18. The Bertz CT molecular complexity index is 1320. The van der Waals surface area contributed by atoms with E-state index in [4.69, 9.17) is 11.6 Å². The number of aromatic nitrogens is 1. The second-order valence-electron chi connectivity index (χ2n) is 6.99. The zero-order valence-corrected chi connectivity index (χ0v) is 18.9. The lowest BCUT2D eigenvalue weighted by Crippen LogP contribution is -2.48. The van der Waals surface area contributed by atoms with E-state index in [1.807, 2.05) is 4.90 Å². The molecule has 33 heavy (non-hydrogen) atoms. The van der Waals surface area contributed by atoms with Crippen LogP contribution in [0.5, 0.6) is 5.75 Å². The molecule has 3 aromatic rings. The number of ether oxygens (including phenoxy) is 1. The number of sulfonamides is 1. The summed E-state index contributed by atoms with van der Waals surface area (Å²) in [5, 5.41) is 9.91. The Morgan fingerprint density at radius 3 is 2.45 bits per heavy atom. The van der Waals surface area contributed by atoms with Gasteiger partial charge in [-0.1, -0.05) is 35.1 Å². The largest absolute Gasteiger partial charge is 0.573 e. The third kappa shape index (κ3) is 4.86. The van der Waals surface area contributed by atoms with Crippen LogP contribution in [0.2, 0.25) is 5.02 Å². The van der Waals surface area contributed by atoms with Gasteiger partial charge in [0.15, 0.2) is 5.13 Å². The minimum atomic E-state index is -5.03. The highest BCUT2D eigenvalue weighted by Gasteiger charge is 2.36. The van der Waals surface area contributed by atoms with Gasteiger partial charge in [0.05, 0.1) is 15.3 Å². The van der Waals surface area contributed by atoms with Crippen molar-refractivity contribution in [3.05, 3.63) is 47.0 Å². The van der Waals surface area contributed by atoms with E-state index in [9.17, 15) is 31.5 Å². The monoisotopic (exact) mass is 521 g/mol. The first-order valence-corrected chi connectivity index (χ1v) is 12.0. The van der Waals surface area contributed by atoms with Gasteiger partial charge in [-0.05, 0) is 24.3 Å². The molecule has 1 fully saturated rings. The molecule has 176 valence electrons. The fourth-order valence-corrected chi connectivity index (χ4v) is 6.30. The smallest absolute Gasteiger partial charge is 0.478 e. The zero-order chi connectivity index (χ0) is 24.0. The molecule has 1 aliphatic rings. The molecule has 0 saturated carbocycles. The van der Waals surface area contributed by atoms with Crippen LogP contribution in [0.1, 0.15) is 10.4 Å². The van der Waals surface area contributed by atoms with Crippen LogP contribution in [0.3, 0.4) is 0 Å². The average molecular weight is 522 g/mol. The number of carboxylic acids is 1. The lowest BCUT2D eigenvalue weighted by Gasteiger charge is -2.34. The molecule has 4 rings (SSSR count). The standard InChI is InChI=1S/C19H15ClF3N3O5S2/c20-12-9-11(17(27)28)10-14-16(12)24-18(32-14)25-5-7-26(8-6-25)33(29,30)15-4-2-1-3-13(15)31-19(21,22)23/h1-4,9-10H,5-8H2,(H,27,28). The summed E-state index contributed by atoms with van der Waals surface area (Å²) in [6, 6.07) is 7.36. The van der Waals surface area contributed by atoms with Gasteiger partial charge in [0.2, 0.25) is 10.0 Å². The summed E-state index contributed by atoms with van der Waals surface area (Å²) in [5.74, 6) is -1.91. The number of thiazole rings is 1. The van der Waals surface area contributed by atoms with Gasteiger partial charge in [-0.25, -0.2) is 18.2 Å². The van der Waals surface area contributed by atoms with Crippen LogP contribution in [0.15, 0.2) is 41.3 Å². The van der Waals surface area contributed by atoms with Crippen LogP contribution >= 0.6 is 22.9 Å². The summed E-state index contributed by atoms with van der Waals surface area (Å²) < 4.78 is 69.6. The van der Waals surface area contributed by atoms with Crippen molar-refractivity contribution in [2.24, 2.45) is 0 Å². The number of benzene rings is 2. The molecule has 0 amide bonds. The van der Waals surface area contributed by atoms with E-state index < -0.39 is 33.0 Å². The van der Waals surface area contributed by atoms with Crippen molar-refractivity contribution >= 4 is 54.3 Å². The Labute approximate surface area is 194 Å². The second kappa shape index (κ2) is 8.63. The van der Waals surface area contributed by atoms with Crippen molar-refractivity contribution in [1.82, 2.24) is 9.29 Å². The molecular weight excluding hydrogens is 507 g/mol. The Balaban J connectivity index is 1.54. The Hall–Kier alpha value is -2.61. The molecule has 0 atom stereocenters. The number of nitrogens with zero attached hydrogens (tertiary/aromatic N) is 3. The number of carboxylic acid groups (broad SMARTS) is 1. The molecule has 2 heterocycles. The van der Waals surface area contributed by atoms with Crippen LogP contribution in [-0.4, -0.2) is 61.3 Å². The van der Waals surface area contributed by atoms with Gasteiger partial charge in [0.1, 0.15) is 16.2 Å². The van der Waals surface area contributed by atoms with Gasteiger partial charge in [-0.2, -0.15) is 4.31 Å². The molecule has 1 N–H and O–H groups in total. The Morgan fingerprint density at radius 1 is 1.15 bits per heavy atom. The molecule has 1 saturated heterocycles. The third-order valence-electron chi connectivity index (χ3n) is 4.89. The highest BCUT2D eigenvalue weighted by atomic mass is 35.5. The minimum absolute atomic E-state index is 0.00667. The van der Waals surface area contributed by atoms with Crippen molar-refractivity contribution in [3.8, 4) is 5.75 Å². The average Bonchev–Trinajstić information content (AvgIpc) is 3.18. The highest BCUT2D eigenvalue weighted by Crippen LogP contribution is 2.36. The van der Waals surface area contributed by atoms with Crippen molar-refractivity contribution in [1.29, 1.82) is 0 Å². The number of fused-ring (bicyclic) bond motifs is 1. The summed E-state index contributed by atoms with van der Waals surface area (Å²) in [6.45, 7) is 0.467. The van der Waals surface area contributed by atoms with Crippen LogP contribution in [0.25, 0.3) is 10.2 Å². The van der Waals surface area contributed by atoms with E-state index in [0.717, 1.165) is 16.4 Å². The predicted octanol–water partition coefficient (Wildman–Crippen LogP) is 4.06. The van der Waals surface area contributed by atoms with Crippen LogP contribution in [0.4, 0.5) is 18.3 Å². The first-order chi connectivity index (χ1) is 15.5. The lowest BCUT2D eigenvalue weighted by molar-refractivity contribution is -0.275. The highest BCUT2D eigenvalue weighted by molar-refractivity contribution is 7.89. The van der Waals surface area contributed by atoms with Crippen molar-refractivity contribution in [2.75, 3.05) is 31.1 Å². The van der Waals surface area contributed by atoms with E-state index in [0.29, 0.717) is 15.3 Å². The molecular formula is C19H15ClF3N3O5S2. The Morgan fingerprint density at radius 2 is 1.82 bits per heavy atom. The first-order valence-electron chi connectivity index (χ1n) is 9.39. The molecule has 0 spiro atoms. The topological polar surface area (TPSA) is 100 Å². The van der Waals surface area contributed by atoms with Gasteiger partial charge in [-0.3, -0.25) is 0 Å². The van der Waals surface area contributed by atoms with Crippen LogP contribution < -0.4 is 9.64 Å². The van der Waals surface area contributed by atoms with Gasteiger partial charge < -0.3 is 14.7 Å². The van der Waals surface area contributed by atoms with Gasteiger partial charge in [0, 0.05) is 26.2 Å². The summed E-state index contributed by atoms with van der Waals surface area (Å²) in [5.41, 5.74) is 0.466. The number of para-hydroxylation sites is 1. The molecule has 8 nitrogen and oxygen atoms in total. The van der Waals surface area contributed by atoms with E-state index in [1.54, 1.807) is 0 Å². The number of aromatic carboxylic acids is 1. The number of hydrogen-bond donors (Lipinski definition) is 1. The summed E-state index contributed by atoms with van der Waals surface area (Å²) >= 11 is 7.37. The zero-order valence-electron chi connectivity index (χ0n) is 16.5. The molecule has 14 heteroatoms. The summed E-state index contributed by atoms with van der Waals surface area (Å²) in [7, 11) is -4.24. The predicted molar refractivity (Wildman–Crippen MR) is 116 cm³/mol. The summed E-state index contributed by atoms with van der Waals surface area (Å²) in [4.78, 5) is 16.9. The number of anilines is 1. The fraction of sp³-hybridized carbons (Fsp3) is 0.263. The lowest BCUT2D eigenvalue weighted by atomic mass is 10.2. The number of rotatable bonds is 5. The van der Waals surface area contributed by atoms with Crippen molar-refractivity contribution < 1.29 is 36.2 Å². The van der Waals surface area contributed by atoms with Crippen LogP contribution in [-0.2, 0) is 10.0 Å². The number of alkyl halides is 3. The van der Waals surface area contributed by atoms with Gasteiger partial charge in [-0.15, -0.1) is 13.2 Å². The maximum atomic E-state index is 13.0. The molecule has 1 aliphatic heterocycles. The number of piperazine rings is 1. The first kappa shape index (κ1) is 23.5.